The Labute approximate surface area is 168 Å². The van der Waals surface area contributed by atoms with Crippen molar-refractivity contribution in [3.8, 4) is 0 Å². The van der Waals surface area contributed by atoms with Gasteiger partial charge < -0.3 is 4.74 Å². The number of hydrogen-bond donors (Lipinski definition) is 0. The highest BCUT2D eigenvalue weighted by Crippen LogP contribution is 2.41. The van der Waals surface area contributed by atoms with Gasteiger partial charge in [-0.1, -0.05) is 55.3 Å². The van der Waals surface area contributed by atoms with Crippen molar-refractivity contribution in [2.75, 3.05) is 0 Å². The summed E-state index contributed by atoms with van der Waals surface area (Å²) in [5, 5.41) is 1.00. The number of nitrogens with zero attached hydrogens (tertiary/aromatic N) is 1. The Bertz CT molecular complexity index is 949. The Morgan fingerprint density at radius 1 is 1.04 bits per heavy atom. The molecule has 1 aliphatic carbocycles. The number of para-hydroxylation sites is 1. The van der Waals surface area contributed by atoms with Gasteiger partial charge in [-0.15, -0.1) is 11.3 Å². The molecule has 4 nitrogen and oxygen atoms in total. The van der Waals surface area contributed by atoms with Gasteiger partial charge >= 0.3 is 5.97 Å². The van der Waals surface area contributed by atoms with Crippen molar-refractivity contribution in [3.05, 3.63) is 65.2 Å². The number of hydrogen-bond acceptors (Lipinski definition) is 5. The first-order chi connectivity index (χ1) is 13.6. The molecule has 1 aliphatic rings. The maximum atomic E-state index is 12.9. The third kappa shape index (κ3) is 3.85. The molecule has 0 saturated heterocycles. The summed E-state index contributed by atoms with van der Waals surface area (Å²) >= 11 is 1.66. The summed E-state index contributed by atoms with van der Waals surface area (Å²) in [7, 11) is 0. The van der Waals surface area contributed by atoms with Crippen molar-refractivity contribution >= 4 is 33.3 Å². The zero-order chi connectivity index (χ0) is 19.5. The number of fused-ring (bicyclic) bond motifs is 1. The lowest BCUT2D eigenvalue weighted by atomic mass is 9.79. The summed E-state index contributed by atoms with van der Waals surface area (Å²) in [5.74, 6) is -0.611. The zero-order valence-electron chi connectivity index (χ0n) is 15.8. The third-order valence-corrected chi connectivity index (χ3v) is 6.59. The second-order valence-corrected chi connectivity index (χ2v) is 8.39. The summed E-state index contributed by atoms with van der Waals surface area (Å²) in [6.45, 7) is 1.66. The van der Waals surface area contributed by atoms with E-state index in [9.17, 15) is 9.59 Å². The Morgan fingerprint density at radius 3 is 2.54 bits per heavy atom. The van der Waals surface area contributed by atoms with E-state index in [2.05, 4.69) is 6.07 Å². The predicted molar refractivity (Wildman–Crippen MR) is 111 cm³/mol. The van der Waals surface area contributed by atoms with Crippen LogP contribution in [0.15, 0.2) is 54.6 Å². The highest BCUT2D eigenvalue weighted by atomic mass is 32.1. The lowest BCUT2D eigenvalue weighted by Gasteiger charge is -2.29. The number of thiazole rings is 1. The molecule has 1 saturated carbocycles. The Morgan fingerprint density at radius 2 is 1.75 bits per heavy atom. The minimum absolute atomic E-state index is 0.0673. The van der Waals surface area contributed by atoms with Crippen LogP contribution < -0.4 is 0 Å². The van der Waals surface area contributed by atoms with E-state index >= 15 is 0 Å². The molecule has 144 valence electrons. The molecule has 1 fully saturated rings. The zero-order valence-corrected chi connectivity index (χ0v) is 16.7. The Hall–Kier alpha value is -2.53. The van der Waals surface area contributed by atoms with Gasteiger partial charge in [-0.25, -0.2) is 4.98 Å². The Kier molecular flexibility index (Phi) is 5.53. The summed E-state index contributed by atoms with van der Waals surface area (Å²) in [5.41, 5.74) is 1.54. The molecule has 0 bridgehead atoms. The standard InChI is InChI=1S/C23H23NO3S/c1-15(21(25)16-9-3-2-4-10-16)27-23(26)18-12-6-5-11-17(18)22-24-19-13-7-8-14-20(19)28-22/h2-4,7-10,13-15,17-18H,5-6,11-12H2,1H3. The van der Waals surface area contributed by atoms with Gasteiger partial charge in [0.05, 0.1) is 21.1 Å². The van der Waals surface area contributed by atoms with Crippen LogP contribution >= 0.6 is 11.3 Å². The fraction of sp³-hybridized carbons (Fsp3) is 0.348. The molecule has 0 aliphatic heterocycles. The highest BCUT2D eigenvalue weighted by molar-refractivity contribution is 7.18. The first-order valence-electron chi connectivity index (χ1n) is 9.78. The van der Waals surface area contributed by atoms with E-state index < -0.39 is 6.10 Å². The molecule has 0 radical (unpaired) electrons. The molecule has 2 aromatic carbocycles. The van der Waals surface area contributed by atoms with E-state index in [1.165, 1.54) is 0 Å². The number of Topliss-reactive ketones (excluding diaryl/α,β-unsaturated/α-hetero) is 1. The molecule has 4 rings (SSSR count). The number of carbonyl (C=O) groups is 2. The average Bonchev–Trinajstić information content (AvgIpc) is 3.18. The van der Waals surface area contributed by atoms with Crippen LogP contribution in [-0.2, 0) is 9.53 Å². The number of ketones is 1. The van der Waals surface area contributed by atoms with Gasteiger partial charge in [0.2, 0.25) is 5.78 Å². The van der Waals surface area contributed by atoms with Crippen molar-refractivity contribution in [3.63, 3.8) is 0 Å². The van der Waals surface area contributed by atoms with Gasteiger partial charge in [0, 0.05) is 11.5 Å². The van der Waals surface area contributed by atoms with Gasteiger partial charge in [0.1, 0.15) is 0 Å². The van der Waals surface area contributed by atoms with E-state index in [-0.39, 0.29) is 23.6 Å². The monoisotopic (exact) mass is 393 g/mol. The van der Waals surface area contributed by atoms with Crippen LogP contribution in [0.25, 0.3) is 10.2 Å². The molecule has 3 atom stereocenters. The van der Waals surface area contributed by atoms with Gasteiger partial charge in [-0.3, -0.25) is 9.59 Å². The van der Waals surface area contributed by atoms with Crippen molar-refractivity contribution < 1.29 is 14.3 Å². The molecule has 0 N–H and O–H groups in total. The fourth-order valence-corrected chi connectivity index (χ4v) is 5.08. The van der Waals surface area contributed by atoms with E-state index in [4.69, 9.17) is 9.72 Å². The van der Waals surface area contributed by atoms with Crippen LogP contribution in [0.5, 0.6) is 0 Å². The largest absolute Gasteiger partial charge is 0.454 e. The minimum atomic E-state index is -0.784. The predicted octanol–water partition coefficient (Wildman–Crippen LogP) is 5.38. The van der Waals surface area contributed by atoms with Gasteiger partial charge in [0.25, 0.3) is 0 Å². The number of rotatable bonds is 5. The summed E-state index contributed by atoms with van der Waals surface area (Å²) in [6.07, 6.45) is 3.02. The molecule has 0 amide bonds. The van der Waals surface area contributed by atoms with Crippen LogP contribution in [0, 0.1) is 5.92 Å². The van der Waals surface area contributed by atoms with Crippen molar-refractivity contribution in [1.82, 2.24) is 4.98 Å². The molecule has 1 aromatic heterocycles. The number of benzene rings is 2. The maximum absolute atomic E-state index is 12.9. The quantitative estimate of drug-likeness (QED) is 0.431. The Balaban J connectivity index is 1.50. The molecule has 1 heterocycles. The van der Waals surface area contributed by atoms with Crippen molar-refractivity contribution in [2.24, 2.45) is 5.92 Å². The molecule has 28 heavy (non-hydrogen) atoms. The fourth-order valence-electron chi connectivity index (χ4n) is 3.91. The van der Waals surface area contributed by atoms with Crippen LogP contribution in [-0.4, -0.2) is 22.8 Å². The van der Waals surface area contributed by atoms with Gasteiger partial charge in [0.15, 0.2) is 6.10 Å². The normalized spacial score (nSPS) is 20.6. The first kappa shape index (κ1) is 18.8. The smallest absolute Gasteiger partial charge is 0.310 e. The molecule has 0 spiro atoms. The van der Waals surface area contributed by atoms with E-state index in [1.54, 1.807) is 30.4 Å². The highest BCUT2D eigenvalue weighted by Gasteiger charge is 2.36. The second kappa shape index (κ2) is 8.23. The van der Waals surface area contributed by atoms with Crippen LogP contribution in [0.2, 0.25) is 0 Å². The topological polar surface area (TPSA) is 56.3 Å². The number of aromatic nitrogens is 1. The lowest BCUT2D eigenvalue weighted by Crippen LogP contribution is -2.32. The van der Waals surface area contributed by atoms with E-state index in [0.717, 1.165) is 40.9 Å². The number of ether oxygens (including phenoxy) is 1. The molecular formula is C23H23NO3S. The van der Waals surface area contributed by atoms with Crippen LogP contribution in [0.4, 0.5) is 0 Å². The molecule has 3 aromatic rings. The van der Waals surface area contributed by atoms with E-state index in [1.807, 2.05) is 36.4 Å². The average molecular weight is 394 g/mol. The molecule has 3 unspecified atom stereocenters. The van der Waals surface area contributed by atoms with Crippen LogP contribution in [0.1, 0.15) is 53.9 Å². The maximum Gasteiger partial charge on any atom is 0.310 e. The number of esters is 1. The van der Waals surface area contributed by atoms with Gasteiger partial charge in [-0.2, -0.15) is 0 Å². The minimum Gasteiger partial charge on any atom is -0.454 e. The van der Waals surface area contributed by atoms with Crippen LogP contribution in [0.3, 0.4) is 0 Å². The van der Waals surface area contributed by atoms with Crippen molar-refractivity contribution in [2.45, 2.75) is 44.6 Å². The molecular weight excluding hydrogens is 370 g/mol. The van der Waals surface area contributed by atoms with Crippen molar-refractivity contribution in [1.29, 1.82) is 0 Å². The second-order valence-electron chi connectivity index (χ2n) is 7.33. The lowest BCUT2D eigenvalue weighted by molar-refractivity contribution is -0.153. The van der Waals surface area contributed by atoms with E-state index in [0.29, 0.717) is 5.56 Å². The third-order valence-electron chi connectivity index (χ3n) is 5.42. The summed E-state index contributed by atoms with van der Waals surface area (Å²) in [6, 6.07) is 17.0. The number of carbonyl (C=O) groups excluding carboxylic acids is 2. The first-order valence-corrected chi connectivity index (χ1v) is 10.6. The van der Waals surface area contributed by atoms with Gasteiger partial charge in [-0.05, 0) is 31.9 Å². The molecule has 5 heteroatoms. The summed E-state index contributed by atoms with van der Waals surface area (Å²) in [4.78, 5) is 30.3. The SMILES string of the molecule is CC(OC(=O)C1CCCCC1c1nc2ccccc2s1)C(=O)c1ccccc1. The summed E-state index contributed by atoms with van der Waals surface area (Å²) < 4.78 is 6.76.